The molecule has 0 spiro atoms. The third-order valence-corrected chi connectivity index (χ3v) is 5.34. The van der Waals surface area contributed by atoms with E-state index < -0.39 is 0 Å². The number of halogens is 2. The Morgan fingerprint density at radius 1 is 0.455 bits per heavy atom. The van der Waals surface area contributed by atoms with Crippen LogP contribution < -0.4 is 24.8 Å². The second-order valence-electron chi connectivity index (χ2n) is 12.5. The van der Waals surface area contributed by atoms with Crippen LogP contribution in [-0.2, 0) is 47.9 Å². The minimum atomic E-state index is 0. The summed E-state index contributed by atoms with van der Waals surface area (Å²) < 4.78 is 0. The summed E-state index contributed by atoms with van der Waals surface area (Å²) in [6.45, 7) is 25.6. The molecule has 0 aliphatic rings. The second kappa shape index (κ2) is 13.0. The summed E-state index contributed by atoms with van der Waals surface area (Å²) in [5.74, 6) is 0.824. The number of hydrogen-bond acceptors (Lipinski definition) is 2. The molecule has 0 radical (unpaired) electrons. The first kappa shape index (κ1) is 37.1. The molecule has 0 unspecified atom stereocenters. The molecule has 0 saturated carbocycles. The van der Waals surface area contributed by atoms with Crippen molar-refractivity contribution in [1.29, 1.82) is 0 Å². The van der Waals surface area contributed by atoms with Crippen LogP contribution in [0.2, 0.25) is 0 Å². The van der Waals surface area contributed by atoms with E-state index in [1.165, 1.54) is 11.1 Å². The average molecular weight is 575 g/mol. The summed E-state index contributed by atoms with van der Waals surface area (Å²) in [6.07, 6.45) is 0. The standard InChI is InChI=1S/2C14H22O.2ClH.Zr/c2*1-13(2,3)10-7-8-11(12(15)9-10)14(4,5)6;;;/h2*7-9,15H,1-6H3;2*1H;/q;;;;+2/p-2. The molecule has 2 rings (SSSR count). The fraction of sp³-hybridized carbons (Fsp3) is 0.571. The maximum absolute atomic E-state index is 9.99. The van der Waals surface area contributed by atoms with E-state index in [0.717, 1.165) is 11.1 Å². The third kappa shape index (κ3) is 11.2. The Bertz CT molecular complexity index is 792. The number of phenols is 2. The number of phenolic OH excluding ortho intramolecular Hbond substituents is 2. The van der Waals surface area contributed by atoms with Crippen molar-refractivity contribution in [3.63, 3.8) is 0 Å². The molecule has 2 nitrogen and oxygen atoms in total. The van der Waals surface area contributed by atoms with E-state index in [1.54, 1.807) is 0 Å². The van der Waals surface area contributed by atoms with Crippen LogP contribution in [0.25, 0.3) is 0 Å². The van der Waals surface area contributed by atoms with Gasteiger partial charge < -0.3 is 35.0 Å². The fourth-order valence-electron chi connectivity index (χ4n) is 3.26. The van der Waals surface area contributed by atoms with E-state index in [2.05, 4.69) is 95.2 Å². The molecule has 0 aliphatic carbocycles. The molecule has 0 aliphatic heterocycles. The van der Waals surface area contributed by atoms with Gasteiger partial charge in [0.25, 0.3) is 0 Å². The van der Waals surface area contributed by atoms with Gasteiger partial charge in [0.15, 0.2) is 0 Å². The minimum absolute atomic E-state index is 0. The van der Waals surface area contributed by atoms with Crippen LogP contribution in [0.15, 0.2) is 36.4 Å². The van der Waals surface area contributed by atoms with E-state index in [4.69, 9.17) is 0 Å². The first-order valence-electron chi connectivity index (χ1n) is 10.9. The smallest absolute Gasteiger partial charge is 1.00 e. The molecule has 2 aromatic carbocycles. The Balaban J connectivity index is -0.000000500. The summed E-state index contributed by atoms with van der Waals surface area (Å²) in [5, 5.41) is 20.0. The SMILES string of the molecule is CC(C)(C)c1ccc(C(C)(C)C)c(O)c1.CC(C)(C)c1ccc(C(C)(C)C)c(O)c1.[Cl-].[Cl-].[Zr+2]. The van der Waals surface area contributed by atoms with Gasteiger partial charge in [-0.2, -0.15) is 0 Å². The van der Waals surface area contributed by atoms with Crippen LogP contribution >= 0.6 is 0 Å². The summed E-state index contributed by atoms with van der Waals surface area (Å²) in [4.78, 5) is 0. The maximum atomic E-state index is 9.99. The molecule has 0 fully saturated rings. The van der Waals surface area contributed by atoms with Crippen molar-refractivity contribution in [2.24, 2.45) is 0 Å². The van der Waals surface area contributed by atoms with Crippen LogP contribution in [0.3, 0.4) is 0 Å². The van der Waals surface area contributed by atoms with Crippen molar-refractivity contribution in [1.82, 2.24) is 0 Å². The quantitative estimate of drug-likeness (QED) is 0.506. The molecule has 0 heterocycles. The monoisotopic (exact) mass is 572 g/mol. The van der Waals surface area contributed by atoms with Gasteiger partial charge in [0.2, 0.25) is 0 Å². The zero-order valence-electron chi connectivity index (χ0n) is 22.6. The topological polar surface area (TPSA) is 40.5 Å². The Hall–Kier alpha value is -0.497. The Morgan fingerprint density at radius 2 is 0.697 bits per heavy atom. The van der Waals surface area contributed by atoms with E-state index in [9.17, 15) is 10.2 Å². The Morgan fingerprint density at radius 3 is 0.848 bits per heavy atom. The van der Waals surface area contributed by atoms with Gasteiger partial charge >= 0.3 is 26.2 Å². The van der Waals surface area contributed by atoms with Gasteiger partial charge in [0.1, 0.15) is 11.5 Å². The number of aromatic hydroxyl groups is 2. The summed E-state index contributed by atoms with van der Waals surface area (Å²) in [6, 6.07) is 12.1. The van der Waals surface area contributed by atoms with Crippen LogP contribution in [0.1, 0.15) is 105 Å². The first-order valence-corrected chi connectivity index (χ1v) is 10.9. The molecular formula is C28H44Cl2O2Zr. The van der Waals surface area contributed by atoms with Crippen LogP contribution in [-0.4, -0.2) is 10.2 Å². The number of benzene rings is 2. The summed E-state index contributed by atoms with van der Waals surface area (Å²) in [7, 11) is 0. The summed E-state index contributed by atoms with van der Waals surface area (Å²) >= 11 is 0. The van der Waals surface area contributed by atoms with Gasteiger partial charge in [0, 0.05) is 0 Å². The van der Waals surface area contributed by atoms with E-state index in [-0.39, 0.29) is 72.7 Å². The van der Waals surface area contributed by atoms with E-state index >= 15 is 0 Å². The van der Waals surface area contributed by atoms with E-state index in [1.807, 2.05) is 24.3 Å². The number of rotatable bonds is 0. The fourth-order valence-corrected chi connectivity index (χ4v) is 3.26. The number of hydrogen-bond donors (Lipinski definition) is 2. The maximum Gasteiger partial charge on any atom is 2.00 e. The molecule has 2 aromatic rings. The van der Waals surface area contributed by atoms with E-state index in [0.29, 0.717) is 11.5 Å². The van der Waals surface area contributed by atoms with Crippen molar-refractivity contribution in [2.75, 3.05) is 0 Å². The minimum Gasteiger partial charge on any atom is -1.00 e. The molecule has 2 N–H and O–H groups in total. The predicted molar refractivity (Wildman–Crippen MR) is 131 cm³/mol. The third-order valence-electron chi connectivity index (χ3n) is 5.34. The molecule has 0 amide bonds. The van der Waals surface area contributed by atoms with Gasteiger partial charge in [0.05, 0.1) is 0 Å². The Kier molecular flexibility index (Phi) is 14.6. The van der Waals surface area contributed by atoms with Crippen molar-refractivity contribution >= 4 is 0 Å². The van der Waals surface area contributed by atoms with Gasteiger partial charge in [-0.1, -0.05) is 107 Å². The molecule has 0 bridgehead atoms. The zero-order chi connectivity index (χ0) is 23.7. The molecule has 0 saturated heterocycles. The van der Waals surface area contributed by atoms with Crippen LogP contribution in [0, 0.1) is 0 Å². The molecule has 5 heteroatoms. The molecular weight excluding hydrogens is 530 g/mol. The largest absolute Gasteiger partial charge is 2.00 e. The normalized spacial score (nSPS) is 11.8. The zero-order valence-corrected chi connectivity index (χ0v) is 26.6. The average Bonchev–Trinajstić information content (AvgIpc) is 2.51. The first-order chi connectivity index (χ1) is 13.2. The van der Waals surface area contributed by atoms with Gasteiger partial charge in [-0.05, 0) is 56.0 Å². The van der Waals surface area contributed by atoms with Crippen LogP contribution in [0.4, 0.5) is 0 Å². The van der Waals surface area contributed by atoms with Crippen molar-refractivity contribution in [2.45, 2.75) is 105 Å². The van der Waals surface area contributed by atoms with Gasteiger partial charge in [-0.15, -0.1) is 0 Å². The molecule has 33 heavy (non-hydrogen) atoms. The Labute approximate surface area is 234 Å². The van der Waals surface area contributed by atoms with Crippen LogP contribution in [0.5, 0.6) is 11.5 Å². The summed E-state index contributed by atoms with van der Waals surface area (Å²) in [5.41, 5.74) is 4.55. The second-order valence-corrected chi connectivity index (χ2v) is 12.5. The van der Waals surface area contributed by atoms with Gasteiger partial charge in [-0.3, -0.25) is 0 Å². The predicted octanol–water partition coefficient (Wildman–Crippen LogP) is 1.98. The van der Waals surface area contributed by atoms with Gasteiger partial charge in [-0.25, -0.2) is 0 Å². The molecule has 0 atom stereocenters. The molecule has 0 aromatic heterocycles. The van der Waals surface area contributed by atoms with Crippen molar-refractivity contribution in [3.8, 4) is 11.5 Å². The van der Waals surface area contributed by atoms with Crippen molar-refractivity contribution < 1.29 is 61.2 Å². The molecule has 186 valence electrons. The van der Waals surface area contributed by atoms with Crippen molar-refractivity contribution in [3.05, 3.63) is 58.7 Å².